The molecule has 0 spiro atoms. The number of piperidine rings is 1. The maximum absolute atomic E-state index is 10.6. The van der Waals surface area contributed by atoms with Gasteiger partial charge in [0.1, 0.15) is 0 Å². The number of aryl methyl sites for hydroxylation is 1. The van der Waals surface area contributed by atoms with Crippen LogP contribution in [0.4, 0.5) is 0 Å². The summed E-state index contributed by atoms with van der Waals surface area (Å²) < 4.78 is 5.37. The molecule has 1 unspecified atom stereocenters. The van der Waals surface area contributed by atoms with Gasteiger partial charge in [-0.2, -0.15) is 4.98 Å². The molecule has 6 heteroatoms. The summed E-state index contributed by atoms with van der Waals surface area (Å²) in [5, 5.41) is 16.7. The van der Waals surface area contributed by atoms with Crippen LogP contribution in [0.5, 0.6) is 0 Å². The molecule has 142 valence electrons. The third-order valence-corrected chi connectivity index (χ3v) is 6.16. The smallest absolute Gasteiger partial charge is 0.227 e. The Morgan fingerprint density at radius 1 is 1.15 bits per heavy atom. The summed E-state index contributed by atoms with van der Waals surface area (Å²) in [6, 6.07) is 14.0. The van der Waals surface area contributed by atoms with Crippen molar-refractivity contribution in [3.05, 3.63) is 59.3 Å². The highest BCUT2D eigenvalue weighted by Crippen LogP contribution is 2.30. The van der Waals surface area contributed by atoms with Gasteiger partial charge in [-0.15, -0.1) is 11.3 Å². The van der Waals surface area contributed by atoms with Gasteiger partial charge in [0.05, 0.1) is 11.0 Å². The van der Waals surface area contributed by atoms with Crippen molar-refractivity contribution in [2.75, 3.05) is 19.6 Å². The number of hydrogen-bond acceptors (Lipinski definition) is 6. The Labute approximate surface area is 163 Å². The fourth-order valence-corrected chi connectivity index (χ4v) is 4.38. The lowest BCUT2D eigenvalue weighted by Gasteiger charge is -2.34. The first-order chi connectivity index (χ1) is 13.3. The standard InChI is InChI=1S/C21H25N3O2S/c25-20(16-6-2-1-3-7-16)17-10-13-24(14-11-17)12-4-9-19-22-21(23-26-19)18-8-5-15-27-18/h1-3,5-8,15,17,20,25H,4,9-14H2. The van der Waals surface area contributed by atoms with Gasteiger partial charge in [-0.1, -0.05) is 41.6 Å². The second kappa shape index (κ2) is 8.78. The van der Waals surface area contributed by atoms with E-state index in [4.69, 9.17) is 4.52 Å². The fourth-order valence-electron chi connectivity index (χ4n) is 3.73. The molecule has 27 heavy (non-hydrogen) atoms. The fraction of sp³-hybridized carbons (Fsp3) is 0.429. The Balaban J connectivity index is 1.20. The number of hydrogen-bond donors (Lipinski definition) is 1. The lowest BCUT2D eigenvalue weighted by atomic mass is 9.87. The molecule has 1 atom stereocenters. The van der Waals surface area contributed by atoms with E-state index in [2.05, 4.69) is 15.0 Å². The zero-order valence-electron chi connectivity index (χ0n) is 15.3. The molecule has 0 radical (unpaired) electrons. The van der Waals surface area contributed by atoms with E-state index in [1.165, 1.54) is 0 Å². The van der Waals surface area contributed by atoms with Gasteiger partial charge in [0.25, 0.3) is 0 Å². The van der Waals surface area contributed by atoms with Crippen LogP contribution < -0.4 is 0 Å². The van der Waals surface area contributed by atoms with E-state index in [-0.39, 0.29) is 6.10 Å². The first-order valence-electron chi connectivity index (χ1n) is 9.61. The highest BCUT2D eigenvalue weighted by atomic mass is 32.1. The third kappa shape index (κ3) is 4.64. The van der Waals surface area contributed by atoms with E-state index in [0.29, 0.717) is 17.6 Å². The summed E-state index contributed by atoms with van der Waals surface area (Å²) in [5.41, 5.74) is 1.04. The normalized spacial score (nSPS) is 17.2. The van der Waals surface area contributed by atoms with Gasteiger partial charge < -0.3 is 14.5 Å². The lowest BCUT2D eigenvalue weighted by Crippen LogP contribution is -2.36. The highest BCUT2D eigenvalue weighted by Gasteiger charge is 2.26. The maximum atomic E-state index is 10.6. The van der Waals surface area contributed by atoms with Crippen molar-refractivity contribution in [1.29, 1.82) is 0 Å². The molecule has 3 aromatic rings. The summed E-state index contributed by atoms with van der Waals surface area (Å²) in [7, 11) is 0. The molecule has 0 saturated carbocycles. The van der Waals surface area contributed by atoms with Crippen LogP contribution in [0, 0.1) is 5.92 Å². The van der Waals surface area contributed by atoms with Gasteiger partial charge in [-0.25, -0.2) is 0 Å². The second-order valence-electron chi connectivity index (χ2n) is 7.13. The van der Waals surface area contributed by atoms with Crippen molar-refractivity contribution < 1.29 is 9.63 Å². The van der Waals surface area contributed by atoms with Crippen LogP contribution >= 0.6 is 11.3 Å². The minimum absolute atomic E-state index is 0.345. The van der Waals surface area contributed by atoms with Crippen molar-refractivity contribution in [2.45, 2.75) is 31.8 Å². The molecule has 2 aromatic heterocycles. The molecule has 1 aromatic carbocycles. The van der Waals surface area contributed by atoms with E-state index in [1.807, 2.05) is 47.8 Å². The van der Waals surface area contributed by atoms with Gasteiger partial charge in [-0.05, 0) is 61.8 Å². The minimum atomic E-state index is -0.345. The predicted octanol–water partition coefficient (Wildman–Crippen LogP) is 4.18. The van der Waals surface area contributed by atoms with Crippen LogP contribution in [-0.4, -0.2) is 39.8 Å². The Bertz CT molecular complexity index is 811. The van der Waals surface area contributed by atoms with Crippen LogP contribution in [0.1, 0.15) is 36.8 Å². The van der Waals surface area contributed by atoms with Gasteiger partial charge in [-0.3, -0.25) is 0 Å². The maximum Gasteiger partial charge on any atom is 0.227 e. The molecule has 3 heterocycles. The number of likely N-dealkylation sites (tertiary alicyclic amines) is 1. The van der Waals surface area contributed by atoms with Crippen LogP contribution in [0.3, 0.4) is 0 Å². The molecule has 0 amide bonds. The summed E-state index contributed by atoms with van der Waals surface area (Å²) in [6.45, 7) is 3.11. The average Bonchev–Trinajstić information content (AvgIpc) is 3.40. The Morgan fingerprint density at radius 2 is 1.96 bits per heavy atom. The van der Waals surface area contributed by atoms with Crippen LogP contribution in [0.25, 0.3) is 10.7 Å². The van der Waals surface area contributed by atoms with Crippen LogP contribution in [0.15, 0.2) is 52.4 Å². The Kier molecular flexibility index (Phi) is 5.97. The molecule has 1 fully saturated rings. The molecule has 1 aliphatic rings. The molecular weight excluding hydrogens is 358 g/mol. The number of nitrogens with zero attached hydrogens (tertiary/aromatic N) is 3. The van der Waals surface area contributed by atoms with E-state index in [0.717, 1.165) is 55.8 Å². The van der Waals surface area contributed by atoms with E-state index in [9.17, 15) is 5.11 Å². The number of aromatic nitrogens is 2. The first-order valence-corrected chi connectivity index (χ1v) is 10.5. The summed E-state index contributed by atoms with van der Waals surface area (Å²) >= 11 is 1.62. The molecule has 0 bridgehead atoms. The van der Waals surface area contributed by atoms with Crippen molar-refractivity contribution in [2.24, 2.45) is 5.92 Å². The molecule has 1 N–H and O–H groups in total. The van der Waals surface area contributed by atoms with E-state index < -0.39 is 0 Å². The number of aliphatic hydroxyl groups excluding tert-OH is 1. The third-order valence-electron chi connectivity index (χ3n) is 5.29. The topological polar surface area (TPSA) is 62.4 Å². The largest absolute Gasteiger partial charge is 0.388 e. The highest BCUT2D eigenvalue weighted by molar-refractivity contribution is 7.13. The van der Waals surface area contributed by atoms with Gasteiger partial charge in [0, 0.05) is 6.42 Å². The van der Waals surface area contributed by atoms with Gasteiger partial charge in [0.15, 0.2) is 0 Å². The average molecular weight is 384 g/mol. The quantitative estimate of drug-likeness (QED) is 0.663. The molecule has 0 aliphatic carbocycles. The zero-order valence-corrected chi connectivity index (χ0v) is 16.1. The Hall–Kier alpha value is -2.02. The van der Waals surface area contributed by atoms with Gasteiger partial charge in [0.2, 0.25) is 11.7 Å². The van der Waals surface area contributed by atoms with Crippen molar-refractivity contribution in [3.63, 3.8) is 0 Å². The monoisotopic (exact) mass is 383 g/mol. The van der Waals surface area contributed by atoms with Crippen molar-refractivity contribution in [3.8, 4) is 10.7 Å². The van der Waals surface area contributed by atoms with Crippen molar-refractivity contribution in [1.82, 2.24) is 15.0 Å². The molecule has 5 nitrogen and oxygen atoms in total. The minimum Gasteiger partial charge on any atom is -0.388 e. The summed E-state index contributed by atoms with van der Waals surface area (Å²) in [6.07, 6.45) is 3.56. The summed E-state index contributed by atoms with van der Waals surface area (Å²) in [4.78, 5) is 8.01. The molecule has 1 aliphatic heterocycles. The number of benzene rings is 1. The van der Waals surface area contributed by atoms with E-state index >= 15 is 0 Å². The van der Waals surface area contributed by atoms with E-state index in [1.54, 1.807) is 11.3 Å². The number of rotatable bonds is 7. The molecule has 4 rings (SSSR count). The zero-order chi connectivity index (χ0) is 18.5. The first kappa shape index (κ1) is 18.3. The van der Waals surface area contributed by atoms with Gasteiger partial charge >= 0.3 is 0 Å². The molecule has 1 saturated heterocycles. The number of aliphatic hydroxyl groups is 1. The summed E-state index contributed by atoms with van der Waals surface area (Å²) in [5.74, 6) is 1.76. The SMILES string of the molecule is OC(c1ccccc1)C1CCN(CCCc2nc(-c3cccs3)no2)CC1. The number of thiophene rings is 1. The second-order valence-corrected chi connectivity index (χ2v) is 8.07. The predicted molar refractivity (Wildman–Crippen MR) is 106 cm³/mol. The van der Waals surface area contributed by atoms with Crippen molar-refractivity contribution >= 4 is 11.3 Å². The Morgan fingerprint density at radius 3 is 2.70 bits per heavy atom. The van der Waals surface area contributed by atoms with Crippen LogP contribution in [-0.2, 0) is 6.42 Å². The van der Waals surface area contributed by atoms with Crippen LogP contribution in [0.2, 0.25) is 0 Å². The molecular formula is C21H25N3O2S. The lowest BCUT2D eigenvalue weighted by molar-refractivity contribution is 0.0585.